The van der Waals surface area contributed by atoms with E-state index in [0.29, 0.717) is 0 Å². The molecule has 0 saturated carbocycles. The number of rotatable bonds is 1. The van der Waals surface area contributed by atoms with Gasteiger partial charge in [-0.15, -0.1) is 0 Å². The first-order valence-electron chi connectivity index (χ1n) is 8.10. The highest BCUT2D eigenvalue weighted by Gasteiger charge is 2.29. The second-order valence-electron chi connectivity index (χ2n) is 6.58. The van der Waals surface area contributed by atoms with Crippen LogP contribution < -0.4 is 4.90 Å². The van der Waals surface area contributed by atoms with Crippen LogP contribution in [0.25, 0.3) is 0 Å². The molecule has 0 radical (unpaired) electrons. The maximum absolute atomic E-state index is 6.10. The predicted octanol–water partition coefficient (Wildman–Crippen LogP) is 5.89. The van der Waals surface area contributed by atoms with Crippen molar-refractivity contribution in [2.24, 2.45) is 0 Å². The highest BCUT2D eigenvalue weighted by atomic mass is 16.4. The van der Waals surface area contributed by atoms with E-state index in [1.54, 1.807) is 0 Å². The Morgan fingerprint density at radius 1 is 0.870 bits per heavy atom. The lowest BCUT2D eigenvalue weighted by Gasteiger charge is -2.32. The van der Waals surface area contributed by atoms with Gasteiger partial charge < -0.3 is 4.42 Å². The molecule has 1 aliphatic heterocycles. The zero-order chi connectivity index (χ0) is 16.1. The average Bonchev–Trinajstić information content (AvgIpc) is 2.85. The Morgan fingerprint density at radius 3 is 2.30 bits per heavy atom. The highest BCUT2D eigenvalue weighted by molar-refractivity contribution is 5.83. The summed E-state index contributed by atoms with van der Waals surface area (Å²) < 4.78 is 6.10. The molecule has 0 saturated heterocycles. The van der Waals surface area contributed by atoms with Gasteiger partial charge in [0.25, 0.3) is 0 Å². The summed E-state index contributed by atoms with van der Waals surface area (Å²) in [7, 11) is 0. The third-order valence-electron chi connectivity index (χ3n) is 4.59. The van der Waals surface area contributed by atoms with Crippen LogP contribution in [-0.2, 0) is 6.42 Å². The van der Waals surface area contributed by atoms with E-state index in [-0.39, 0.29) is 0 Å². The molecule has 0 bridgehead atoms. The number of hydrogen-bond acceptors (Lipinski definition) is 2. The van der Waals surface area contributed by atoms with Crippen molar-refractivity contribution >= 4 is 17.3 Å². The van der Waals surface area contributed by atoms with Gasteiger partial charge >= 0.3 is 0 Å². The van der Waals surface area contributed by atoms with Crippen molar-refractivity contribution in [3.63, 3.8) is 0 Å². The van der Waals surface area contributed by atoms with Gasteiger partial charge in [0, 0.05) is 12.0 Å². The van der Waals surface area contributed by atoms with E-state index < -0.39 is 0 Å². The summed E-state index contributed by atoms with van der Waals surface area (Å²) in [5, 5.41) is 0. The molecular weight excluding hydrogens is 282 g/mol. The lowest BCUT2D eigenvalue weighted by molar-refractivity contribution is 0.537. The van der Waals surface area contributed by atoms with E-state index in [1.807, 2.05) is 6.92 Å². The van der Waals surface area contributed by atoms with Crippen LogP contribution in [0.4, 0.5) is 17.3 Å². The maximum Gasteiger partial charge on any atom is 0.208 e. The van der Waals surface area contributed by atoms with Crippen LogP contribution in [0.5, 0.6) is 0 Å². The Kier molecular flexibility index (Phi) is 3.08. The summed E-state index contributed by atoms with van der Waals surface area (Å²) >= 11 is 0. The zero-order valence-corrected chi connectivity index (χ0v) is 14.1. The van der Waals surface area contributed by atoms with Gasteiger partial charge in [0.2, 0.25) is 5.88 Å². The third kappa shape index (κ3) is 2.17. The maximum atomic E-state index is 6.10. The van der Waals surface area contributed by atoms with Crippen molar-refractivity contribution in [2.45, 2.75) is 34.1 Å². The van der Waals surface area contributed by atoms with Crippen LogP contribution >= 0.6 is 0 Å². The van der Waals surface area contributed by atoms with E-state index >= 15 is 0 Å². The fourth-order valence-electron chi connectivity index (χ4n) is 3.81. The first-order chi connectivity index (χ1) is 11.0. The summed E-state index contributed by atoms with van der Waals surface area (Å²) in [4.78, 5) is 2.30. The van der Waals surface area contributed by atoms with Gasteiger partial charge in [-0.2, -0.15) is 0 Å². The normalized spacial score (nSPS) is 13.0. The van der Waals surface area contributed by atoms with Crippen molar-refractivity contribution in [1.29, 1.82) is 0 Å². The summed E-state index contributed by atoms with van der Waals surface area (Å²) in [6.45, 7) is 8.54. The number of anilines is 3. The summed E-state index contributed by atoms with van der Waals surface area (Å²) in [5.74, 6) is 1.94. The Hall–Kier alpha value is -2.48. The van der Waals surface area contributed by atoms with Crippen LogP contribution in [0.15, 0.2) is 46.9 Å². The van der Waals surface area contributed by atoms with Crippen LogP contribution in [0.1, 0.15) is 33.6 Å². The van der Waals surface area contributed by atoms with Crippen molar-refractivity contribution in [1.82, 2.24) is 0 Å². The van der Waals surface area contributed by atoms with Gasteiger partial charge in [-0.3, -0.25) is 4.90 Å². The highest BCUT2D eigenvalue weighted by Crippen LogP contribution is 2.47. The second kappa shape index (κ2) is 5.02. The van der Waals surface area contributed by atoms with Gasteiger partial charge in [0.15, 0.2) is 0 Å². The van der Waals surface area contributed by atoms with Crippen molar-refractivity contribution < 1.29 is 4.42 Å². The monoisotopic (exact) mass is 303 g/mol. The van der Waals surface area contributed by atoms with Crippen molar-refractivity contribution in [3.8, 4) is 0 Å². The molecule has 0 spiro atoms. The third-order valence-corrected chi connectivity index (χ3v) is 4.59. The summed E-state index contributed by atoms with van der Waals surface area (Å²) in [6, 6.07) is 15.3. The molecule has 0 atom stereocenters. The summed E-state index contributed by atoms with van der Waals surface area (Å²) in [5.41, 5.74) is 8.92. The SMILES string of the molecule is Cc1cc(C)c(N2c3ccccc3Cc3cc(C)oc32)c(C)c1. The molecule has 1 aromatic heterocycles. The van der Waals surface area contributed by atoms with Gasteiger partial charge in [-0.25, -0.2) is 0 Å². The Balaban J connectivity index is 2.02. The fraction of sp³-hybridized carbons (Fsp3) is 0.238. The number of nitrogens with zero attached hydrogens (tertiary/aromatic N) is 1. The van der Waals surface area contributed by atoms with Crippen LogP contribution in [0, 0.1) is 27.7 Å². The second-order valence-corrected chi connectivity index (χ2v) is 6.58. The van der Waals surface area contributed by atoms with Gasteiger partial charge in [-0.1, -0.05) is 35.9 Å². The Labute approximate surface area is 137 Å². The molecule has 0 amide bonds. The topological polar surface area (TPSA) is 16.4 Å². The molecule has 3 aromatic rings. The van der Waals surface area contributed by atoms with Crippen molar-refractivity contribution in [2.75, 3.05) is 4.90 Å². The fourth-order valence-corrected chi connectivity index (χ4v) is 3.81. The van der Waals surface area contributed by atoms with Gasteiger partial charge in [0.1, 0.15) is 5.76 Å². The van der Waals surface area contributed by atoms with Crippen LogP contribution in [-0.4, -0.2) is 0 Å². The smallest absolute Gasteiger partial charge is 0.208 e. The molecule has 116 valence electrons. The van der Waals surface area contributed by atoms with E-state index in [4.69, 9.17) is 4.42 Å². The number of aryl methyl sites for hydroxylation is 4. The molecule has 0 fully saturated rings. The number of hydrogen-bond donors (Lipinski definition) is 0. The first-order valence-corrected chi connectivity index (χ1v) is 8.10. The molecule has 0 unspecified atom stereocenters. The Bertz CT molecular complexity index is 881. The molecule has 0 N–H and O–H groups in total. The quantitative estimate of drug-likeness (QED) is 0.436. The zero-order valence-electron chi connectivity index (χ0n) is 14.1. The average molecular weight is 303 g/mol. The predicted molar refractivity (Wildman–Crippen MR) is 95.1 cm³/mol. The molecule has 23 heavy (non-hydrogen) atoms. The largest absolute Gasteiger partial charge is 0.445 e. The lowest BCUT2D eigenvalue weighted by Crippen LogP contribution is -2.19. The molecule has 2 heteroatoms. The Morgan fingerprint density at radius 2 is 1.57 bits per heavy atom. The first kappa shape index (κ1) is 14.1. The standard InChI is InChI=1S/C21H21NO/c1-13-9-14(2)20(15(3)10-13)22-19-8-6-5-7-17(19)12-18-11-16(4)23-21(18)22/h5-11H,12H2,1-4H3. The number of benzene rings is 2. The van der Waals surface area contributed by atoms with Gasteiger partial charge in [-0.05, 0) is 56.5 Å². The van der Waals surface area contributed by atoms with Gasteiger partial charge in [0.05, 0.1) is 11.4 Å². The number of para-hydroxylation sites is 1. The van der Waals surface area contributed by atoms with Crippen molar-refractivity contribution in [3.05, 3.63) is 76.0 Å². The minimum Gasteiger partial charge on any atom is -0.445 e. The minimum absolute atomic E-state index is 0.934. The number of fused-ring (bicyclic) bond motifs is 2. The van der Waals surface area contributed by atoms with E-state index in [0.717, 1.165) is 18.1 Å². The van der Waals surface area contributed by atoms with Crippen LogP contribution in [0.2, 0.25) is 0 Å². The van der Waals surface area contributed by atoms with Crippen LogP contribution in [0.3, 0.4) is 0 Å². The summed E-state index contributed by atoms with van der Waals surface area (Å²) in [6.07, 6.45) is 0.934. The molecule has 4 rings (SSSR count). The molecule has 2 aromatic carbocycles. The van der Waals surface area contributed by atoms with E-state index in [1.165, 1.54) is 39.2 Å². The molecule has 0 aliphatic carbocycles. The van der Waals surface area contributed by atoms with E-state index in [9.17, 15) is 0 Å². The lowest BCUT2D eigenvalue weighted by atomic mass is 9.96. The number of furan rings is 1. The van der Waals surface area contributed by atoms with E-state index in [2.05, 4.69) is 68.1 Å². The molecule has 2 nitrogen and oxygen atoms in total. The minimum atomic E-state index is 0.934. The molecule has 1 aliphatic rings. The molecule has 2 heterocycles. The molecular formula is C21H21NO.